The van der Waals surface area contributed by atoms with E-state index in [0.717, 1.165) is 50.7 Å². The van der Waals surface area contributed by atoms with Crippen LogP contribution in [0.3, 0.4) is 0 Å². The number of nitrogens with zero attached hydrogens (tertiary/aromatic N) is 3. The monoisotopic (exact) mass is 340 g/mol. The van der Waals surface area contributed by atoms with Crippen LogP contribution >= 0.6 is 0 Å². The summed E-state index contributed by atoms with van der Waals surface area (Å²) in [6, 6.07) is 13.7. The number of amides is 1. The fourth-order valence-electron chi connectivity index (χ4n) is 3.03. The largest absolute Gasteiger partial charge is 0.497 e. The molecule has 0 bridgehead atoms. The van der Waals surface area contributed by atoms with E-state index < -0.39 is 5.91 Å². The highest BCUT2D eigenvalue weighted by atomic mass is 16.5. The van der Waals surface area contributed by atoms with Crippen molar-refractivity contribution in [2.24, 2.45) is 5.73 Å². The molecule has 2 N–H and O–H groups in total. The van der Waals surface area contributed by atoms with E-state index in [9.17, 15) is 4.79 Å². The molecule has 3 rings (SSSR count). The quantitative estimate of drug-likeness (QED) is 0.863. The molecule has 1 amide bonds. The van der Waals surface area contributed by atoms with Crippen LogP contribution in [0.2, 0.25) is 0 Å². The van der Waals surface area contributed by atoms with Gasteiger partial charge in [0.1, 0.15) is 11.4 Å². The predicted octanol–water partition coefficient (Wildman–Crippen LogP) is 1.51. The molecule has 1 aromatic heterocycles. The molecule has 1 aliphatic heterocycles. The van der Waals surface area contributed by atoms with Crippen LogP contribution in [-0.4, -0.2) is 54.0 Å². The number of benzene rings is 1. The minimum Gasteiger partial charge on any atom is -0.497 e. The molecule has 25 heavy (non-hydrogen) atoms. The van der Waals surface area contributed by atoms with Gasteiger partial charge >= 0.3 is 0 Å². The van der Waals surface area contributed by atoms with Gasteiger partial charge in [-0.1, -0.05) is 18.2 Å². The highest BCUT2D eigenvalue weighted by molar-refractivity contribution is 5.90. The maximum absolute atomic E-state index is 11.2. The number of pyridine rings is 1. The third-order valence-electron chi connectivity index (χ3n) is 4.47. The Labute approximate surface area is 148 Å². The summed E-state index contributed by atoms with van der Waals surface area (Å²) in [4.78, 5) is 20.4. The molecule has 1 fully saturated rings. The van der Waals surface area contributed by atoms with Crippen molar-refractivity contribution in [3.05, 3.63) is 59.4 Å². The molecule has 0 saturated carbocycles. The van der Waals surface area contributed by atoms with Gasteiger partial charge in [-0.05, 0) is 29.8 Å². The summed E-state index contributed by atoms with van der Waals surface area (Å²) < 4.78 is 5.20. The van der Waals surface area contributed by atoms with Gasteiger partial charge in [0.2, 0.25) is 0 Å². The van der Waals surface area contributed by atoms with Crippen LogP contribution < -0.4 is 10.5 Å². The Balaban J connectivity index is 1.49. The lowest BCUT2D eigenvalue weighted by Gasteiger charge is -2.34. The van der Waals surface area contributed by atoms with E-state index >= 15 is 0 Å². The lowest BCUT2D eigenvalue weighted by Crippen LogP contribution is -2.45. The van der Waals surface area contributed by atoms with Crippen LogP contribution in [-0.2, 0) is 13.1 Å². The highest BCUT2D eigenvalue weighted by Gasteiger charge is 2.18. The summed E-state index contributed by atoms with van der Waals surface area (Å²) >= 11 is 0. The van der Waals surface area contributed by atoms with Gasteiger partial charge in [-0.2, -0.15) is 0 Å². The fraction of sp³-hybridized carbons (Fsp3) is 0.368. The number of nitrogens with two attached hydrogens (primary N) is 1. The number of ether oxygens (including phenoxy) is 1. The molecule has 0 aliphatic carbocycles. The van der Waals surface area contributed by atoms with Crippen LogP contribution in [0.4, 0.5) is 0 Å². The van der Waals surface area contributed by atoms with Gasteiger partial charge in [-0.15, -0.1) is 0 Å². The molecule has 6 nitrogen and oxygen atoms in total. The van der Waals surface area contributed by atoms with E-state index in [1.807, 2.05) is 24.3 Å². The third-order valence-corrected chi connectivity index (χ3v) is 4.47. The molecule has 2 aromatic rings. The van der Waals surface area contributed by atoms with E-state index in [1.54, 1.807) is 13.2 Å². The molecular formula is C19H24N4O2. The maximum Gasteiger partial charge on any atom is 0.267 e. The molecule has 132 valence electrons. The molecule has 0 spiro atoms. The first-order valence-corrected chi connectivity index (χ1v) is 8.47. The number of carbonyl (C=O) groups is 1. The van der Waals surface area contributed by atoms with Gasteiger partial charge < -0.3 is 10.5 Å². The van der Waals surface area contributed by atoms with Gasteiger partial charge in [0.05, 0.1) is 12.8 Å². The van der Waals surface area contributed by atoms with Gasteiger partial charge in [0.15, 0.2) is 0 Å². The Bertz CT molecular complexity index is 710. The van der Waals surface area contributed by atoms with E-state index in [-0.39, 0.29) is 0 Å². The van der Waals surface area contributed by atoms with Crippen molar-refractivity contribution >= 4 is 5.91 Å². The number of methoxy groups -OCH3 is 1. The van der Waals surface area contributed by atoms with Gasteiger partial charge in [-0.3, -0.25) is 14.6 Å². The Morgan fingerprint density at radius 2 is 1.68 bits per heavy atom. The van der Waals surface area contributed by atoms with Gasteiger partial charge in [0.25, 0.3) is 5.91 Å². The minimum absolute atomic E-state index is 0.329. The number of hydrogen-bond acceptors (Lipinski definition) is 5. The van der Waals surface area contributed by atoms with Crippen molar-refractivity contribution in [1.29, 1.82) is 0 Å². The van der Waals surface area contributed by atoms with E-state index in [0.29, 0.717) is 5.69 Å². The lowest BCUT2D eigenvalue weighted by atomic mass is 10.2. The van der Waals surface area contributed by atoms with Crippen molar-refractivity contribution in [1.82, 2.24) is 14.8 Å². The zero-order chi connectivity index (χ0) is 17.6. The summed E-state index contributed by atoms with van der Waals surface area (Å²) in [5.74, 6) is 0.408. The smallest absolute Gasteiger partial charge is 0.267 e. The van der Waals surface area contributed by atoms with Crippen molar-refractivity contribution in [3.63, 3.8) is 0 Å². The summed E-state index contributed by atoms with van der Waals surface area (Å²) in [5.41, 5.74) is 7.81. The predicted molar refractivity (Wildman–Crippen MR) is 96.3 cm³/mol. The summed E-state index contributed by atoms with van der Waals surface area (Å²) in [6.07, 6.45) is 0. The first-order valence-electron chi connectivity index (χ1n) is 8.47. The Hall–Kier alpha value is -2.44. The second-order valence-corrected chi connectivity index (χ2v) is 6.28. The number of rotatable bonds is 6. The molecule has 0 radical (unpaired) electrons. The molecule has 0 atom stereocenters. The van der Waals surface area contributed by atoms with E-state index in [1.165, 1.54) is 5.56 Å². The first-order chi connectivity index (χ1) is 12.1. The normalized spacial score (nSPS) is 15.9. The average molecular weight is 340 g/mol. The van der Waals surface area contributed by atoms with E-state index in [4.69, 9.17) is 10.5 Å². The number of carbonyl (C=O) groups excluding carboxylic acids is 1. The minimum atomic E-state index is -0.480. The average Bonchev–Trinajstić information content (AvgIpc) is 2.64. The molecule has 2 heterocycles. The summed E-state index contributed by atoms with van der Waals surface area (Å²) in [7, 11) is 1.68. The number of aromatic nitrogens is 1. The number of primary amides is 1. The van der Waals surface area contributed by atoms with Crippen molar-refractivity contribution in [2.45, 2.75) is 13.1 Å². The summed E-state index contributed by atoms with van der Waals surface area (Å²) in [5, 5.41) is 0. The van der Waals surface area contributed by atoms with Crippen molar-refractivity contribution in [2.75, 3.05) is 33.3 Å². The van der Waals surface area contributed by atoms with Crippen LogP contribution in [0.5, 0.6) is 5.75 Å². The zero-order valence-electron chi connectivity index (χ0n) is 14.5. The maximum atomic E-state index is 11.2. The summed E-state index contributed by atoms with van der Waals surface area (Å²) in [6.45, 7) is 5.70. The van der Waals surface area contributed by atoms with Crippen molar-refractivity contribution in [3.8, 4) is 5.75 Å². The molecule has 1 aromatic carbocycles. The molecule has 1 aliphatic rings. The lowest BCUT2D eigenvalue weighted by molar-refractivity contribution is 0.0994. The number of piperazine rings is 1. The van der Waals surface area contributed by atoms with Gasteiger partial charge in [0, 0.05) is 39.3 Å². The topological polar surface area (TPSA) is 71.7 Å². The van der Waals surface area contributed by atoms with Crippen LogP contribution in [0, 0.1) is 0 Å². The van der Waals surface area contributed by atoms with E-state index in [2.05, 4.69) is 26.9 Å². The van der Waals surface area contributed by atoms with Crippen LogP contribution in [0.15, 0.2) is 42.5 Å². The molecule has 0 unspecified atom stereocenters. The molecule has 6 heteroatoms. The molecule has 1 saturated heterocycles. The first kappa shape index (κ1) is 17.4. The van der Waals surface area contributed by atoms with Crippen LogP contribution in [0.25, 0.3) is 0 Å². The third kappa shape index (κ3) is 4.78. The van der Waals surface area contributed by atoms with Crippen molar-refractivity contribution < 1.29 is 9.53 Å². The Morgan fingerprint density at radius 3 is 2.28 bits per heavy atom. The fourth-order valence-corrected chi connectivity index (χ4v) is 3.03. The standard InChI is InChI=1S/C19H24N4O2/c1-25-17-7-5-15(6-8-17)13-22-9-11-23(12-10-22)14-16-3-2-4-18(21-16)19(20)24/h2-8H,9-14H2,1H3,(H2,20,24). The second-order valence-electron chi connectivity index (χ2n) is 6.28. The second kappa shape index (κ2) is 8.09. The Morgan fingerprint density at radius 1 is 1.04 bits per heavy atom. The Kier molecular flexibility index (Phi) is 5.63. The molecular weight excluding hydrogens is 316 g/mol. The van der Waals surface area contributed by atoms with Gasteiger partial charge in [-0.25, -0.2) is 4.98 Å². The number of hydrogen-bond donors (Lipinski definition) is 1. The zero-order valence-corrected chi connectivity index (χ0v) is 14.5. The SMILES string of the molecule is COc1ccc(CN2CCN(Cc3cccc(C(N)=O)n3)CC2)cc1. The van der Waals surface area contributed by atoms with Crippen LogP contribution in [0.1, 0.15) is 21.7 Å². The highest BCUT2D eigenvalue weighted by Crippen LogP contribution is 2.15.